The molecule has 0 fully saturated rings. The minimum absolute atomic E-state index is 0.0521. The second-order valence-corrected chi connectivity index (χ2v) is 3.49. The van der Waals surface area contributed by atoms with E-state index in [0.717, 1.165) is 12.1 Å². The van der Waals surface area contributed by atoms with Gasteiger partial charge in [0.25, 0.3) is 5.91 Å². The van der Waals surface area contributed by atoms with Crippen molar-refractivity contribution in [2.75, 3.05) is 6.54 Å². The lowest BCUT2D eigenvalue weighted by Gasteiger charge is -2.07. The van der Waals surface area contributed by atoms with Crippen LogP contribution in [0.2, 0.25) is 0 Å². The van der Waals surface area contributed by atoms with Crippen LogP contribution in [0.15, 0.2) is 18.3 Å². The Morgan fingerprint density at radius 2 is 2.17 bits per heavy atom. The average molecular weight is 256 g/mol. The summed E-state index contributed by atoms with van der Waals surface area (Å²) >= 11 is 0. The van der Waals surface area contributed by atoms with Crippen molar-refractivity contribution in [3.8, 4) is 12.3 Å². The minimum atomic E-state index is -4.45. The van der Waals surface area contributed by atoms with E-state index in [4.69, 9.17) is 6.42 Å². The van der Waals surface area contributed by atoms with E-state index in [9.17, 15) is 18.0 Å². The molecule has 0 aliphatic rings. The van der Waals surface area contributed by atoms with Crippen molar-refractivity contribution < 1.29 is 18.0 Å². The summed E-state index contributed by atoms with van der Waals surface area (Å²) in [6.07, 6.45) is 2.36. The molecule has 0 spiro atoms. The first-order valence-corrected chi connectivity index (χ1v) is 5.20. The Hall–Kier alpha value is -2.03. The molecule has 1 amide bonds. The van der Waals surface area contributed by atoms with Gasteiger partial charge in [0, 0.05) is 19.2 Å². The molecule has 0 radical (unpaired) electrons. The average Bonchev–Trinajstić information content (AvgIpc) is 2.33. The van der Waals surface area contributed by atoms with Crippen LogP contribution in [0.5, 0.6) is 0 Å². The molecule has 0 atom stereocenters. The van der Waals surface area contributed by atoms with Crippen molar-refractivity contribution >= 4 is 5.91 Å². The molecule has 96 valence electrons. The highest BCUT2D eigenvalue weighted by Gasteiger charge is 2.30. The Balaban J connectivity index is 2.57. The molecule has 1 rings (SSSR count). The first-order chi connectivity index (χ1) is 8.45. The summed E-state index contributed by atoms with van der Waals surface area (Å²) in [6, 6.07) is 1.86. The van der Waals surface area contributed by atoms with Crippen molar-refractivity contribution in [1.29, 1.82) is 0 Å². The Kier molecular flexibility index (Phi) is 4.72. The zero-order valence-corrected chi connectivity index (χ0v) is 9.42. The number of rotatable bonds is 4. The van der Waals surface area contributed by atoms with Crippen LogP contribution in [0.4, 0.5) is 13.2 Å². The maximum atomic E-state index is 12.2. The second kappa shape index (κ2) is 6.05. The second-order valence-electron chi connectivity index (χ2n) is 3.49. The summed E-state index contributed by atoms with van der Waals surface area (Å²) in [6.45, 7) is 0.367. The molecule has 0 aromatic carbocycles. The molecule has 1 N–H and O–H groups in total. The standard InChI is InChI=1S/C12H11F3N2O/c1-2-3-4-7-16-11(18)10-6-5-9(8-17-10)12(13,14)15/h1,5-6,8H,3-4,7H2,(H,16,18). The smallest absolute Gasteiger partial charge is 0.351 e. The Bertz CT molecular complexity index is 446. The van der Waals surface area contributed by atoms with Gasteiger partial charge in [-0.25, -0.2) is 0 Å². The molecular formula is C12H11F3N2O. The van der Waals surface area contributed by atoms with E-state index >= 15 is 0 Å². The highest BCUT2D eigenvalue weighted by Crippen LogP contribution is 2.28. The Morgan fingerprint density at radius 1 is 1.44 bits per heavy atom. The van der Waals surface area contributed by atoms with Crippen LogP contribution in [0, 0.1) is 12.3 Å². The number of nitrogens with one attached hydrogen (secondary N) is 1. The van der Waals surface area contributed by atoms with Gasteiger partial charge in [-0.3, -0.25) is 9.78 Å². The van der Waals surface area contributed by atoms with E-state index in [1.54, 1.807) is 0 Å². The number of halogens is 3. The van der Waals surface area contributed by atoms with Gasteiger partial charge < -0.3 is 5.32 Å². The fourth-order valence-electron chi connectivity index (χ4n) is 1.18. The third-order valence-electron chi connectivity index (χ3n) is 2.11. The molecule has 0 saturated heterocycles. The van der Waals surface area contributed by atoms with Crippen LogP contribution < -0.4 is 5.32 Å². The maximum absolute atomic E-state index is 12.2. The fraction of sp³-hybridized carbons (Fsp3) is 0.333. The monoisotopic (exact) mass is 256 g/mol. The normalized spacial score (nSPS) is 10.8. The molecule has 0 aliphatic carbocycles. The summed E-state index contributed by atoms with van der Waals surface area (Å²) < 4.78 is 36.7. The number of hydrogen-bond donors (Lipinski definition) is 1. The van der Waals surface area contributed by atoms with Crippen LogP contribution in [0.3, 0.4) is 0 Å². The molecule has 0 saturated carbocycles. The topological polar surface area (TPSA) is 42.0 Å². The van der Waals surface area contributed by atoms with Gasteiger partial charge in [-0.1, -0.05) is 0 Å². The molecule has 6 heteroatoms. The lowest BCUT2D eigenvalue weighted by Crippen LogP contribution is -2.25. The molecule has 0 bridgehead atoms. The summed E-state index contributed by atoms with van der Waals surface area (Å²) in [7, 11) is 0. The molecule has 1 heterocycles. The third kappa shape index (κ3) is 4.09. The van der Waals surface area contributed by atoms with Crippen molar-refractivity contribution in [3.05, 3.63) is 29.6 Å². The number of pyridine rings is 1. The Morgan fingerprint density at radius 3 is 2.67 bits per heavy atom. The van der Waals surface area contributed by atoms with Crippen LogP contribution in [0.25, 0.3) is 0 Å². The summed E-state index contributed by atoms with van der Waals surface area (Å²) in [5, 5.41) is 2.51. The van der Waals surface area contributed by atoms with Gasteiger partial charge in [0.1, 0.15) is 5.69 Å². The number of carbonyl (C=O) groups excluding carboxylic acids is 1. The molecule has 0 unspecified atom stereocenters. The molecular weight excluding hydrogens is 245 g/mol. The number of carbonyl (C=O) groups is 1. The molecule has 0 aliphatic heterocycles. The number of hydrogen-bond acceptors (Lipinski definition) is 2. The quantitative estimate of drug-likeness (QED) is 0.663. The van der Waals surface area contributed by atoms with Gasteiger partial charge in [-0.15, -0.1) is 12.3 Å². The lowest BCUT2D eigenvalue weighted by molar-refractivity contribution is -0.137. The highest BCUT2D eigenvalue weighted by atomic mass is 19.4. The highest BCUT2D eigenvalue weighted by molar-refractivity contribution is 5.92. The number of nitrogens with zero attached hydrogens (tertiary/aromatic N) is 1. The lowest BCUT2D eigenvalue weighted by atomic mass is 10.2. The van der Waals surface area contributed by atoms with Gasteiger partial charge in [-0.2, -0.15) is 13.2 Å². The van der Waals surface area contributed by atoms with Crippen LogP contribution in [-0.4, -0.2) is 17.4 Å². The van der Waals surface area contributed by atoms with E-state index in [1.165, 1.54) is 0 Å². The van der Waals surface area contributed by atoms with Gasteiger partial charge in [-0.05, 0) is 18.6 Å². The van der Waals surface area contributed by atoms with Crippen molar-refractivity contribution in [1.82, 2.24) is 10.3 Å². The van der Waals surface area contributed by atoms with Crippen LogP contribution in [0.1, 0.15) is 28.9 Å². The van der Waals surface area contributed by atoms with Gasteiger partial charge >= 0.3 is 6.18 Å². The van der Waals surface area contributed by atoms with E-state index in [2.05, 4.69) is 16.2 Å². The van der Waals surface area contributed by atoms with Gasteiger partial charge in [0.15, 0.2) is 0 Å². The van der Waals surface area contributed by atoms with E-state index in [0.29, 0.717) is 25.6 Å². The zero-order valence-electron chi connectivity index (χ0n) is 9.42. The zero-order chi connectivity index (χ0) is 13.6. The predicted molar refractivity (Wildman–Crippen MR) is 59.6 cm³/mol. The molecule has 3 nitrogen and oxygen atoms in total. The number of terminal acetylenes is 1. The number of alkyl halides is 3. The number of amides is 1. The summed E-state index contributed by atoms with van der Waals surface area (Å²) in [5.74, 6) is 1.90. The largest absolute Gasteiger partial charge is 0.417 e. The predicted octanol–water partition coefficient (Wildman–Crippen LogP) is 2.24. The SMILES string of the molecule is C#CCCCNC(=O)c1ccc(C(F)(F)F)cn1. The molecule has 18 heavy (non-hydrogen) atoms. The van der Waals surface area contributed by atoms with Crippen LogP contribution >= 0.6 is 0 Å². The van der Waals surface area contributed by atoms with E-state index in [-0.39, 0.29) is 5.69 Å². The van der Waals surface area contributed by atoms with Gasteiger partial charge in [0.05, 0.1) is 5.56 Å². The summed E-state index contributed by atoms with van der Waals surface area (Å²) in [4.78, 5) is 14.9. The first kappa shape index (κ1) is 14.0. The number of unbranched alkanes of at least 4 members (excludes halogenated alkanes) is 1. The third-order valence-corrected chi connectivity index (χ3v) is 2.11. The van der Waals surface area contributed by atoms with E-state index < -0.39 is 17.6 Å². The van der Waals surface area contributed by atoms with Crippen molar-refractivity contribution in [2.45, 2.75) is 19.0 Å². The first-order valence-electron chi connectivity index (χ1n) is 5.20. The van der Waals surface area contributed by atoms with Crippen molar-refractivity contribution in [3.63, 3.8) is 0 Å². The number of aromatic nitrogens is 1. The molecule has 1 aromatic heterocycles. The van der Waals surface area contributed by atoms with Gasteiger partial charge in [0.2, 0.25) is 0 Å². The minimum Gasteiger partial charge on any atom is -0.351 e. The van der Waals surface area contributed by atoms with Crippen molar-refractivity contribution in [2.24, 2.45) is 0 Å². The van der Waals surface area contributed by atoms with E-state index in [1.807, 2.05) is 0 Å². The maximum Gasteiger partial charge on any atom is 0.417 e. The van der Waals surface area contributed by atoms with Crippen LogP contribution in [-0.2, 0) is 6.18 Å². The Labute approximate surface area is 102 Å². The summed E-state index contributed by atoms with van der Waals surface area (Å²) in [5.41, 5.74) is -0.935. The molecule has 1 aromatic rings. The fourth-order valence-corrected chi connectivity index (χ4v) is 1.18.